The van der Waals surface area contributed by atoms with E-state index in [-0.39, 0.29) is 0 Å². The quantitative estimate of drug-likeness (QED) is 0.672. The Hall–Kier alpha value is -0.346. The summed E-state index contributed by atoms with van der Waals surface area (Å²) in [6, 6.07) is 11.0. The maximum absolute atomic E-state index is 2.53. The third-order valence-electron chi connectivity index (χ3n) is 3.37. The number of hydrogen-bond acceptors (Lipinski definition) is 0. The van der Waals surface area contributed by atoms with Crippen LogP contribution in [0.4, 0.5) is 0 Å². The Morgan fingerprint density at radius 2 is 1.25 bits per heavy atom. The smallest absolute Gasteiger partial charge is 0.0450 e. The summed E-state index contributed by atoms with van der Waals surface area (Å²) in [6.45, 7) is 15.2. The zero-order valence-corrected chi connectivity index (χ0v) is 13.7. The lowest BCUT2D eigenvalue weighted by Gasteiger charge is -2.38. The molecule has 0 N–H and O–H groups in total. The van der Waals surface area contributed by atoms with Gasteiger partial charge in [0.25, 0.3) is 0 Å². The lowest BCUT2D eigenvalue weighted by atomic mass is 10.2. The van der Waals surface area contributed by atoms with Gasteiger partial charge >= 0.3 is 0 Å². The van der Waals surface area contributed by atoms with Crippen molar-refractivity contribution in [2.24, 2.45) is 0 Å². The first-order chi connectivity index (χ1) is 7.21. The van der Waals surface area contributed by atoms with Gasteiger partial charge in [0.15, 0.2) is 0 Å². The maximum atomic E-state index is 2.53. The Labute approximate surface area is 103 Å². The van der Waals surface area contributed by atoms with Gasteiger partial charge in [-0.3, -0.25) is 0 Å². The van der Waals surface area contributed by atoms with Crippen LogP contribution in [0, 0.1) is 0 Å². The molecule has 1 aromatic rings. The van der Waals surface area contributed by atoms with Gasteiger partial charge in [0.05, 0.1) is 0 Å². The van der Waals surface area contributed by atoms with Crippen molar-refractivity contribution < 1.29 is 0 Å². The monoisotopic (exact) mass is 250 g/mol. The molecule has 2 heteroatoms. The van der Waals surface area contributed by atoms with E-state index in [9.17, 15) is 0 Å². The van der Waals surface area contributed by atoms with Gasteiger partial charge in [-0.2, -0.15) is 0 Å². The van der Waals surface area contributed by atoms with Gasteiger partial charge in [0, 0.05) is 16.1 Å². The first-order valence-electron chi connectivity index (χ1n) is 6.25. The van der Waals surface area contributed by atoms with Crippen LogP contribution in [0.5, 0.6) is 0 Å². The molecular formula is C14H26Si2. The van der Waals surface area contributed by atoms with Crippen molar-refractivity contribution in [1.29, 1.82) is 0 Å². The zero-order valence-electron chi connectivity index (χ0n) is 11.7. The van der Waals surface area contributed by atoms with Crippen molar-refractivity contribution in [1.82, 2.24) is 0 Å². The third-order valence-corrected chi connectivity index (χ3v) is 13.2. The summed E-state index contributed by atoms with van der Waals surface area (Å²) >= 11 is 0. The molecule has 16 heavy (non-hydrogen) atoms. The summed E-state index contributed by atoms with van der Waals surface area (Å²) in [6.07, 6.45) is 1.30. The molecule has 0 nitrogen and oxygen atoms in total. The molecule has 0 amide bonds. The summed E-state index contributed by atoms with van der Waals surface area (Å²) < 4.78 is 0. The predicted molar refractivity (Wildman–Crippen MR) is 80.6 cm³/mol. The van der Waals surface area contributed by atoms with E-state index < -0.39 is 16.1 Å². The largest absolute Gasteiger partial charge is 0.0695 e. The highest BCUT2D eigenvalue weighted by atomic mass is 28.4. The summed E-state index contributed by atoms with van der Waals surface area (Å²) in [5.74, 6) is 0. The SMILES string of the molecule is C[Si](C)(C)C(Cc1ccccc1)[Si](C)(C)C. The summed E-state index contributed by atoms with van der Waals surface area (Å²) in [5, 5.41) is 0.974. The second-order valence-corrected chi connectivity index (χ2v) is 18.4. The average Bonchev–Trinajstić information content (AvgIpc) is 2.12. The lowest BCUT2D eigenvalue weighted by molar-refractivity contribution is 0.988. The van der Waals surface area contributed by atoms with Gasteiger partial charge in [-0.1, -0.05) is 69.6 Å². The van der Waals surface area contributed by atoms with Crippen LogP contribution in [-0.4, -0.2) is 16.1 Å². The minimum Gasteiger partial charge on any atom is -0.0695 e. The summed E-state index contributed by atoms with van der Waals surface area (Å²) in [5.41, 5.74) is 1.53. The van der Waals surface area contributed by atoms with Crippen molar-refractivity contribution >= 4 is 16.1 Å². The molecule has 0 unspecified atom stereocenters. The van der Waals surface area contributed by atoms with E-state index >= 15 is 0 Å². The predicted octanol–water partition coefficient (Wildman–Crippen LogP) is 4.81. The van der Waals surface area contributed by atoms with E-state index in [0.29, 0.717) is 0 Å². The van der Waals surface area contributed by atoms with Crippen LogP contribution in [0.2, 0.25) is 44.4 Å². The number of rotatable bonds is 4. The average molecular weight is 251 g/mol. The molecule has 0 saturated heterocycles. The normalized spacial score (nSPS) is 13.2. The Balaban J connectivity index is 2.89. The molecule has 1 rings (SSSR count). The molecule has 0 heterocycles. The van der Waals surface area contributed by atoms with E-state index in [1.165, 1.54) is 12.0 Å². The first-order valence-corrected chi connectivity index (χ1v) is 13.4. The standard InChI is InChI=1S/C14H26Si2/c1-15(2,3)14(16(4,5)6)12-13-10-8-7-9-11-13/h7-11,14H,12H2,1-6H3. The van der Waals surface area contributed by atoms with Gasteiger partial charge in [-0.15, -0.1) is 0 Å². The van der Waals surface area contributed by atoms with Crippen LogP contribution in [0.1, 0.15) is 5.56 Å². The molecule has 0 aromatic heterocycles. The van der Waals surface area contributed by atoms with Gasteiger partial charge in [-0.25, -0.2) is 0 Å². The van der Waals surface area contributed by atoms with Crippen molar-refractivity contribution in [3.8, 4) is 0 Å². The van der Waals surface area contributed by atoms with Crippen molar-refractivity contribution in [3.05, 3.63) is 35.9 Å². The molecule has 90 valence electrons. The molecule has 0 aliphatic carbocycles. The molecule has 0 spiro atoms. The summed E-state index contributed by atoms with van der Waals surface area (Å²) in [7, 11) is -2.09. The van der Waals surface area contributed by atoms with Crippen LogP contribution in [0.15, 0.2) is 30.3 Å². The van der Waals surface area contributed by atoms with Crippen LogP contribution >= 0.6 is 0 Å². The fraction of sp³-hybridized carbons (Fsp3) is 0.571. The van der Waals surface area contributed by atoms with Gasteiger partial charge < -0.3 is 0 Å². The van der Waals surface area contributed by atoms with E-state index in [2.05, 4.69) is 69.6 Å². The second-order valence-electron chi connectivity index (χ2n) is 6.97. The first kappa shape index (κ1) is 13.7. The number of hydrogen-bond donors (Lipinski definition) is 0. The minimum atomic E-state index is -1.04. The van der Waals surface area contributed by atoms with Crippen molar-refractivity contribution in [3.63, 3.8) is 0 Å². The van der Waals surface area contributed by atoms with Gasteiger partial charge in [0.1, 0.15) is 0 Å². The zero-order chi connectivity index (χ0) is 12.4. The molecular weight excluding hydrogens is 224 g/mol. The Bertz CT molecular complexity index is 303. The van der Waals surface area contributed by atoms with Gasteiger partial charge in [0.2, 0.25) is 0 Å². The third kappa shape index (κ3) is 3.91. The molecule has 0 aliphatic rings. The molecule has 0 bridgehead atoms. The second kappa shape index (κ2) is 4.88. The topological polar surface area (TPSA) is 0 Å². The van der Waals surface area contributed by atoms with Gasteiger partial charge in [-0.05, 0) is 17.1 Å². The van der Waals surface area contributed by atoms with Crippen molar-refractivity contribution in [2.45, 2.75) is 50.9 Å². The van der Waals surface area contributed by atoms with Crippen LogP contribution in [-0.2, 0) is 6.42 Å². The molecule has 0 atom stereocenters. The molecule has 0 fully saturated rings. The molecule has 0 saturated carbocycles. The summed E-state index contributed by atoms with van der Waals surface area (Å²) in [4.78, 5) is 0. The van der Waals surface area contributed by atoms with Crippen molar-refractivity contribution in [2.75, 3.05) is 0 Å². The van der Waals surface area contributed by atoms with E-state index in [4.69, 9.17) is 0 Å². The maximum Gasteiger partial charge on any atom is 0.0450 e. The van der Waals surface area contributed by atoms with Crippen LogP contribution in [0.3, 0.4) is 0 Å². The van der Waals surface area contributed by atoms with Crippen LogP contribution in [0.25, 0.3) is 0 Å². The molecule has 1 aromatic carbocycles. The highest BCUT2D eigenvalue weighted by Gasteiger charge is 2.37. The van der Waals surface area contributed by atoms with E-state index in [0.717, 1.165) is 5.16 Å². The Kier molecular flexibility index (Phi) is 4.19. The minimum absolute atomic E-state index is 0.974. The Morgan fingerprint density at radius 3 is 1.62 bits per heavy atom. The molecule has 0 radical (unpaired) electrons. The fourth-order valence-corrected chi connectivity index (χ4v) is 14.8. The Morgan fingerprint density at radius 1 is 0.812 bits per heavy atom. The highest BCUT2D eigenvalue weighted by Crippen LogP contribution is 2.35. The highest BCUT2D eigenvalue weighted by molar-refractivity contribution is 6.96. The van der Waals surface area contributed by atoms with Crippen LogP contribution < -0.4 is 0 Å². The number of benzene rings is 1. The molecule has 0 aliphatic heterocycles. The lowest BCUT2D eigenvalue weighted by Crippen LogP contribution is -2.44. The van der Waals surface area contributed by atoms with E-state index in [1.54, 1.807) is 0 Å². The van der Waals surface area contributed by atoms with E-state index in [1.807, 2.05) is 0 Å². The fourth-order valence-electron chi connectivity index (χ4n) is 2.76.